The van der Waals surface area contributed by atoms with Gasteiger partial charge in [-0.2, -0.15) is 0 Å². The summed E-state index contributed by atoms with van der Waals surface area (Å²) in [5, 5.41) is 2.57. The van der Waals surface area contributed by atoms with Gasteiger partial charge >= 0.3 is 11.9 Å². The van der Waals surface area contributed by atoms with E-state index in [0.717, 1.165) is 5.56 Å². The van der Waals surface area contributed by atoms with Crippen molar-refractivity contribution in [2.75, 3.05) is 13.9 Å². The van der Waals surface area contributed by atoms with Gasteiger partial charge in [-0.05, 0) is 25.3 Å². The Kier molecular flexibility index (Phi) is 11.1. The predicted molar refractivity (Wildman–Crippen MR) is 130 cm³/mol. The lowest BCUT2D eigenvalue weighted by molar-refractivity contribution is -0.163. The lowest BCUT2D eigenvalue weighted by Crippen LogP contribution is -2.44. The van der Waals surface area contributed by atoms with Crippen LogP contribution in [-0.2, 0) is 30.4 Å². The van der Waals surface area contributed by atoms with Crippen molar-refractivity contribution in [3.63, 3.8) is 0 Å². The lowest BCUT2D eigenvalue weighted by Gasteiger charge is -2.28. The van der Waals surface area contributed by atoms with Gasteiger partial charge in [-0.3, -0.25) is 9.59 Å². The van der Waals surface area contributed by atoms with E-state index in [0.29, 0.717) is 6.61 Å². The predicted octanol–water partition coefficient (Wildman–Crippen LogP) is 3.28. The van der Waals surface area contributed by atoms with Crippen molar-refractivity contribution < 1.29 is 38.1 Å². The molecule has 0 aliphatic heterocycles. The Labute approximate surface area is 211 Å². The maximum atomic E-state index is 12.9. The zero-order valence-electron chi connectivity index (χ0n) is 21.5. The number of esters is 2. The number of pyridine rings is 1. The Hall–Kier alpha value is -3.66. The van der Waals surface area contributed by atoms with E-state index < -0.39 is 36.8 Å². The first-order valence-corrected chi connectivity index (χ1v) is 11.6. The number of hydrogen-bond acceptors (Lipinski definition) is 9. The first-order valence-electron chi connectivity index (χ1n) is 11.6. The highest BCUT2D eigenvalue weighted by Gasteiger charge is 2.30. The number of nitrogens with zero attached hydrogens (tertiary/aromatic N) is 1. The molecule has 0 bridgehead atoms. The van der Waals surface area contributed by atoms with E-state index >= 15 is 0 Å². The van der Waals surface area contributed by atoms with Crippen LogP contribution >= 0.6 is 0 Å². The molecule has 1 heterocycles. The fraction of sp³-hybridized carbons (Fsp3) is 0.462. The van der Waals surface area contributed by atoms with E-state index in [-0.39, 0.29) is 29.2 Å². The molecule has 1 N–H and O–H groups in total. The van der Waals surface area contributed by atoms with E-state index in [4.69, 9.17) is 23.7 Å². The van der Waals surface area contributed by atoms with Gasteiger partial charge in [0.25, 0.3) is 5.91 Å². The first-order chi connectivity index (χ1) is 17.1. The highest BCUT2D eigenvalue weighted by Crippen LogP contribution is 2.29. The number of aromatic nitrogens is 1. The summed E-state index contributed by atoms with van der Waals surface area (Å²) in [6.45, 7) is 8.37. The minimum absolute atomic E-state index is 0.0241. The van der Waals surface area contributed by atoms with Gasteiger partial charge in [0.2, 0.25) is 6.79 Å². The molecule has 0 aliphatic carbocycles. The number of rotatable bonds is 13. The molecule has 1 aromatic heterocycles. The van der Waals surface area contributed by atoms with Crippen LogP contribution in [0.15, 0.2) is 42.6 Å². The molecule has 196 valence electrons. The van der Waals surface area contributed by atoms with Gasteiger partial charge < -0.3 is 29.0 Å². The fourth-order valence-electron chi connectivity index (χ4n) is 3.29. The third-order valence-corrected chi connectivity index (χ3v) is 5.20. The summed E-state index contributed by atoms with van der Waals surface area (Å²) in [4.78, 5) is 40.8. The molecular weight excluding hydrogens is 468 g/mol. The summed E-state index contributed by atoms with van der Waals surface area (Å²) in [6.07, 6.45) is 0.451. The zero-order valence-corrected chi connectivity index (χ0v) is 21.5. The Bertz CT molecular complexity index is 1010. The van der Waals surface area contributed by atoms with Gasteiger partial charge in [-0.1, -0.05) is 44.2 Å². The van der Waals surface area contributed by atoms with Gasteiger partial charge in [0.05, 0.1) is 19.8 Å². The number of carbonyl (C=O) groups excluding carboxylic acids is 3. The fourth-order valence-corrected chi connectivity index (χ4v) is 3.29. The molecule has 1 aromatic carbocycles. The maximum Gasteiger partial charge on any atom is 0.328 e. The SMILES string of the molecule is COc1ccnc(C(=O)N[C@@H](C)C(=O)OC(C(C)C)[C@H](C)OCc2ccccc2)c1OCOC(C)=O. The van der Waals surface area contributed by atoms with Crippen LogP contribution in [0.3, 0.4) is 0 Å². The van der Waals surface area contributed by atoms with Crippen LogP contribution in [0.25, 0.3) is 0 Å². The van der Waals surface area contributed by atoms with Gasteiger partial charge in [0, 0.05) is 19.2 Å². The molecule has 3 atom stereocenters. The summed E-state index contributed by atoms with van der Waals surface area (Å²) in [5.41, 5.74) is 0.873. The van der Waals surface area contributed by atoms with Crippen molar-refractivity contribution in [2.24, 2.45) is 5.92 Å². The monoisotopic (exact) mass is 502 g/mol. The molecule has 1 amide bonds. The summed E-state index contributed by atoms with van der Waals surface area (Å²) in [5.74, 6) is -1.71. The Balaban J connectivity index is 2.03. The lowest BCUT2D eigenvalue weighted by atomic mass is 10.0. The molecule has 0 spiro atoms. The zero-order chi connectivity index (χ0) is 26.7. The Morgan fingerprint density at radius 2 is 1.72 bits per heavy atom. The van der Waals surface area contributed by atoms with Crippen LogP contribution in [-0.4, -0.2) is 55.0 Å². The van der Waals surface area contributed by atoms with Gasteiger partial charge in [0.1, 0.15) is 12.1 Å². The van der Waals surface area contributed by atoms with E-state index in [2.05, 4.69) is 10.3 Å². The van der Waals surface area contributed by atoms with Crippen molar-refractivity contribution >= 4 is 17.8 Å². The molecule has 0 aliphatic rings. The number of nitrogens with one attached hydrogen (secondary N) is 1. The quantitative estimate of drug-likeness (QED) is 0.325. The molecule has 0 saturated heterocycles. The second-order valence-electron chi connectivity index (χ2n) is 8.43. The molecule has 1 unspecified atom stereocenters. The number of benzene rings is 1. The summed E-state index contributed by atoms with van der Waals surface area (Å²) >= 11 is 0. The average molecular weight is 503 g/mol. The second-order valence-corrected chi connectivity index (χ2v) is 8.43. The summed E-state index contributed by atoms with van der Waals surface area (Å²) in [7, 11) is 1.39. The van der Waals surface area contributed by atoms with Crippen LogP contribution < -0.4 is 14.8 Å². The summed E-state index contributed by atoms with van der Waals surface area (Å²) < 4.78 is 27.0. The molecular formula is C26H34N2O8. The normalized spacial score (nSPS) is 13.3. The van der Waals surface area contributed by atoms with Crippen molar-refractivity contribution in [3.8, 4) is 11.5 Å². The largest absolute Gasteiger partial charge is 0.493 e. The van der Waals surface area contributed by atoms with Crippen LogP contribution in [0.4, 0.5) is 0 Å². The Morgan fingerprint density at radius 1 is 1.03 bits per heavy atom. The smallest absolute Gasteiger partial charge is 0.328 e. The highest BCUT2D eigenvalue weighted by molar-refractivity contribution is 5.98. The van der Waals surface area contributed by atoms with Gasteiger partial charge in [-0.15, -0.1) is 0 Å². The third kappa shape index (κ3) is 8.53. The number of amides is 1. The van der Waals surface area contributed by atoms with Crippen molar-refractivity contribution in [3.05, 3.63) is 53.9 Å². The topological polar surface area (TPSA) is 122 Å². The summed E-state index contributed by atoms with van der Waals surface area (Å²) in [6, 6.07) is 10.2. The minimum Gasteiger partial charge on any atom is -0.493 e. The number of methoxy groups -OCH3 is 1. The molecule has 2 rings (SSSR count). The molecule has 0 radical (unpaired) electrons. The molecule has 36 heavy (non-hydrogen) atoms. The van der Waals surface area contributed by atoms with Crippen LogP contribution in [0, 0.1) is 5.92 Å². The van der Waals surface area contributed by atoms with Crippen molar-refractivity contribution in [1.82, 2.24) is 10.3 Å². The number of hydrogen-bond donors (Lipinski definition) is 1. The van der Waals surface area contributed by atoms with Crippen molar-refractivity contribution in [2.45, 2.75) is 59.5 Å². The minimum atomic E-state index is -0.991. The molecule has 0 saturated carbocycles. The van der Waals surface area contributed by atoms with E-state index in [9.17, 15) is 14.4 Å². The van der Waals surface area contributed by atoms with Gasteiger partial charge in [0.15, 0.2) is 17.2 Å². The standard InChI is InChI=1S/C26H34N2O8/c1-16(2)23(18(4)33-14-20-10-8-7-9-11-20)36-26(31)17(3)28-25(30)22-24(35-15-34-19(5)29)21(32-6)12-13-27-22/h7-13,16-18,23H,14-15H2,1-6H3,(H,28,30)/t17-,18-,23?/m0/s1. The molecule has 2 aromatic rings. The van der Waals surface area contributed by atoms with Crippen LogP contribution in [0.1, 0.15) is 50.7 Å². The van der Waals surface area contributed by atoms with Gasteiger partial charge in [-0.25, -0.2) is 9.78 Å². The Morgan fingerprint density at radius 3 is 2.33 bits per heavy atom. The number of ether oxygens (including phenoxy) is 5. The van der Waals surface area contributed by atoms with Crippen LogP contribution in [0.5, 0.6) is 11.5 Å². The van der Waals surface area contributed by atoms with Crippen LogP contribution in [0.2, 0.25) is 0 Å². The maximum absolute atomic E-state index is 12.9. The molecule has 0 fully saturated rings. The van der Waals surface area contributed by atoms with Crippen molar-refractivity contribution in [1.29, 1.82) is 0 Å². The highest BCUT2D eigenvalue weighted by atomic mass is 16.7. The molecule has 10 heteroatoms. The first kappa shape index (κ1) is 28.6. The average Bonchev–Trinajstić information content (AvgIpc) is 2.85. The van der Waals surface area contributed by atoms with E-state index in [1.54, 1.807) is 0 Å². The second kappa shape index (κ2) is 14.0. The van der Waals surface area contributed by atoms with E-state index in [1.165, 1.54) is 33.2 Å². The number of carbonyl (C=O) groups is 3. The van der Waals surface area contributed by atoms with E-state index in [1.807, 2.05) is 51.1 Å². The molecule has 10 nitrogen and oxygen atoms in total. The third-order valence-electron chi connectivity index (χ3n) is 5.20.